The normalized spacial score (nSPS) is 15.8. The maximum atomic E-state index is 12.9. The van der Waals surface area contributed by atoms with E-state index in [1.807, 2.05) is 38.2 Å². The SMILES string of the molecule is CCOP(=O)(/C=C(/C)N(CC)CC)N(CC)CC. The largest absolute Gasteiger partial charge is 0.375 e. The van der Waals surface area contributed by atoms with Crippen LogP contribution in [0, 0.1) is 0 Å². The fraction of sp³-hybridized carbons (Fsp3) is 0.846. The molecule has 0 N–H and O–H groups in total. The van der Waals surface area contributed by atoms with Gasteiger partial charge in [0.05, 0.1) is 6.61 Å². The number of rotatable bonds is 9. The standard InChI is InChI=1S/C13H29N2O2P/c1-7-14(8-2)13(6)12-18(16,17-11-5)15(9-3)10-4/h12H,7-11H2,1-6H3/b13-12-. The zero-order chi connectivity index (χ0) is 14.2. The van der Waals surface area contributed by atoms with Crippen molar-refractivity contribution in [2.75, 3.05) is 32.8 Å². The maximum Gasteiger partial charge on any atom is 0.296 e. The highest BCUT2D eigenvalue weighted by molar-refractivity contribution is 7.59. The van der Waals surface area contributed by atoms with Crippen LogP contribution in [0.15, 0.2) is 11.5 Å². The predicted molar refractivity (Wildman–Crippen MR) is 78.8 cm³/mol. The number of hydrogen-bond acceptors (Lipinski definition) is 3. The molecule has 0 aromatic heterocycles. The third kappa shape index (κ3) is 4.75. The molecule has 0 rings (SSSR count). The summed E-state index contributed by atoms with van der Waals surface area (Å²) in [4.78, 5) is 2.19. The van der Waals surface area contributed by atoms with E-state index >= 15 is 0 Å². The molecule has 1 unspecified atom stereocenters. The molecular formula is C13H29N2O2P. The van der Waals surface area contributed by atoms with Gasteiger partial charge in [0.15, 0.2) is 0 Å². The van der Waals surface area contributed by atoms with E-state index in [0.29, 0.717) is 6.61 Å². The molecule has 4 nitrogen and oxygen atoms in total. The second-order valence-corrected chi connectivity index (χ2v) is 6.27. The average Bonchev–Trinajstić information content (AvgIpc) is 2.31. The van der Waals surface area contributed by atoms with E-state index in [0.717, 1.165) is 31.9 Å². The van der Waals surface area contributed by atoms with E-state index < -0.39 is 7.52 Å². The minimum atomic E-state index is -2.84. The Kier molecular flexibility index (Phi) is 8.58. The molecular weight excluding hydrogens is 247 g/mol. The van der Waals surface area contributed by atoms with Crippen LogP contribution >= 0.6 is 7.52 Å². The van der Waals surface area contributed by atoms with Gasteiger partial charge in [-0.1, -0.05) is 13.8 Å². The summed E-state index contributed by atoms with van der Waals surface area (Å²) in [7, 11) is -2.84. The van der Waals surface area contributed by atoms with Crippen LogP contribution in [0.3, 0.4) is 0 Å². The van der Waals surface area contributed by atoms with Crippen LogP contribution in [0.5, 0.6) is 0 Å². The van der Waals surface area contributed by atoms with Gasteiger partial charge in [0.2, 0.25) is 0 Å². The molecule has 108 valence electrons. The van der Waals surface area contributed by atoms with E-state index in [2.05, 4.69) is 18.7 Å². The molecule has 0 heterocycles. The van der Waals surface area contributed by atoms with Crippen LogP contribution < -0.4 is 0 Å². The van der Waals surface area contributed by atoms with E-state index in [4.69, 9.17) is 4.52 Å². The highest BCUT2D eigenvalue weighted by Gasteiger charge is 2.27. The summed E-state index contributed by atoms with van der Waals surface area (Å²) >= 11 is 0. The van der Waals surface area contributed by atoms with Gasteiger partial charge in [0.25, 0.3) is 7.52 Å². The van der Waals surface area contributed by atoms with Crippen LogP contribution in [0.25, 0.3) is 0 Å². The smallest absolute Gasteiger partial charge is 0.296 e. The molecule has 0 saturated carbocycles. The lowest BCUT2D eigenvalue weighted by atomic mass is 10.4. The van der Waals surface area contributed by atoms with Crippen LogP contribution in [-0.2, 0) is 9.09 Å². The molecule has 0 aromatic rings. The Labute approximate surface area is 112 Å². The molecule has 0 saturated heterocycles. The Bertz CT molecular complexity index is 297. The van der Waals surface area contributed by atoms with Crippen molar-refractivity contribution in [3.8, 4) is 0 Å². The maximum absolute atomic E-state index is 12.9. The predicted octanol–water partition coefficient (Wildman–Crippen LogP) is 3.76. The molecule has 18 heavy (non-hydrogen) atoms. The van der Waals surface area contributed by atoms with Gasteiger partial charge >= 0.3 is 0 Å². The first-order valence-corrected chi connectivity index (χ1v) is 8.57. The summed E-state index contributed by atoms with van der Waals surface area (Å²) in [5.41, 5.74) is 1.03. The quantitative estimate of drug-likeness (QED) is 0.600. The minimum Gasteiger partial charge on any atom is -0.375 e. The zero-order valence-corrected chi connectivity index (χ0v) is 13.7. The van der Waals surface area contributed by atoms with Gasteiger partial charge in [-0.05, 0) is 27.7 Å². The average molecular weight is 276 g/mol. The lowest BCUT2D eigenvalue weighted by Gasteiger charge is -2.29. The lowest BCUT2D eigenvalue weighted by Crippen LogP contribution is -2.23. The summed E-state index contributed by atoms with van der Waals surface area (Å²) in [6.45, 7) is 15.9. The summed E-state index contributed by atoms with van der Waals surface area (Å²) in [5, 5.41) is 0. The molecule has 0 aliphatic carbocycles. The summed E-state index contributed by atoms with van der Waals surface area (Å²) in [5.74, 6) is 1.82. The Morgan fingerprint density at radius 1 is 1.06 bits per heavy atom. The van der Waals surface area contributed by atoms with Crippen molar-refractivity contribution in [1.29, 1.82) is 0 Å². The van der Waals surface area contributed by atoms with E-state index in [1.165, 1.54) is 0 Å². The highest BCUT2D eigenvalue weighted by atomic mass is 31.2. The van der Waals surface area contributed by atoms with Gasteiger partial charge in [-0.25, -0.2) is 4.67 Å². The first-order chi connectivity index (χ1) is 8.48. The van der Waals surface area contributed by atoms with Gasteiger partial charge in [0.1, 0.15) is 0 Å². The van der Waals surface area contributed by atoms with E-state index in [1.54, 1.807) is 0 Å². The minimum absolute atomic E-state index is 0.468. The third-order valence-electron chi connectivity index (χ3n) is 3.05. The van der Waals surface area contributed by atoms with Gasteiger partial charge in [-0.2, -0.15) is 0 Å². The zero-order valence-electron chi connectivity index (χ0n) is 12.8. The Morgan fingerprint density at radius 2 is 1.56 bits per heavy atom. The second-order valence-electron chi connectivity index (χ2n) is 4.06. The van der Waals surface area contributed by atoms with Crippen LogP contribution in [-0.4, -0.2) is 42.4 Å². The van der Waals surface area contributed by atoms with Gasteiger partial charge < -0.3 is 9.42 Å². The lowest BCUT2D eigenvalue weighted by molar-refractivity contribution is 0.285. The Balaban J connectivity index is 5.22. The van der Waals surface area contributed by atoms with Crippen LogP contribution in [0.4, 0.5) is 0 Å². The van der Waals surface area contributed by atoms with Crippen molar-refractivity contribution in [3.05, 3.63) is 11.5 Å². The molecule has 0 aliphatic rings. The monoisotopic (exact) mass is 276 g/mol. The first-order valence-electron chi connectivity index (χ1n) is 6.92. The van der Waals surface area contributed by atoms with E-state index in [9.17, 15) is 4.57 Å². The third-order valence-corrected chi connectivity index (χ3v) is 5.73. The number of allylic oxidation sites excluding steroid dienone is 1. The molecule has 0 amide bonds. The molecule has 5 heteroatoms. The number of nitrogens with zero attached hydrogens (tertiary/aromatic N) is 2. The molecule has 0 aliphatic heterocycles. The molecule has 0 bridgehead atoms. The van der Waals surface area contributed by atoms with Gasteiger partial charge in [-0.3, -0.25) is 4.57 Å². The van der Waals surface area contributed by atoms with Crippen LogP contribution in [0.2, 0.25) is 0 Å². The molecule has 0 aromatic carbocycles. The summed E-state index contributed by atoms with van der Waals surface area (Å²) < 4.78 is 20.4. The van der Waals surface area contributed by atoms with Crippen molar-refractivity contribution in [3.63, 3.8) is 0 Å². The molecule has 1 atom stereocenters. The highest BCUT2D eigenvalue weighted by Crippen LogP contribution is 2.52. The van der Waals surface area contributed by atoms with Crippen molar-refractivity contribution >= 4 is 7.52 Å². The number of hydrogen-bond donors (Lipinski definition) is 0. The fourth-order valence-corrected chi connectivity index (χ4v) is 4.24. The summed E-state index contributed by atoms with van der Waals surface area (Å²) in [6, 6.07) is 0. The van der Waals surface area contributed by atoms with Crippen molar-refractivity contribution in [2.45, 2.75) is 41.5 Å². The Hall–Kier alpha value is -0.310. The molecule has 0 spiro atoms. The second kappa shape index (κ2) is 8.73. The molecule has 0 fully saturated rings. The van der Waals surface area contributed by atoms with Crippen molar-refractivity contribution in [2.24, 2.45) is 0 Å². The summed E-state index contributed by atoms with van der Waals surface area (Å²) in [6.07, 6.45) is 0. The van der Waals surface area contributed by atoms with E-state index in [-0.39, 0.29) is 0 Å². The first kappa shape index (κ1) is 17.7. The van der Waals surface area contributed by atoms with Gasteiger partial charge in [-0.15, -0.1) is 0 Å². The van der Waals surface area contributed by atoms with Crippen molar-refractivity contribution in [1.82, 2.24) is 9.57 Å². The Morgan fingerprint density at radius 3 is 1.89 bits per heavy atom. The van der Waals surface area contributed by atoms with Gasteiger partial charge in [0, 0.05) is 37.7 Å². The molecule has 0 radical (unpaired) electrons. The van der Waals surface area contributed by atoms with Crippen LogP contribution in [0.1, 0.15) is 41.5 Å². The topological polar surface area (TPSA) is 32.8 Å². The van der Waals surface area contributed by atoms with Crippen molar-refractivity contribution < 1.29 is 9.09 Å². The fourth-order valence-electron chi connectivity index (χ4n) is 2.04.